The fourth-order valence-corrected chi connectivity index (χ4v) is 3.48. The number of rotatable bonds is 5. The van der Waals surface area contributed by atoms with E-state index in [1.54, 1.807) is 30.5 Å². The molecule has 0 saturated carbocycles. The molecule has 0 aliphatic carbocycles. The van der Waals surface area contributed by atoms with Crippen molar-refractivity contribution in [3.63, 3.8) is 0 Å². The Hall–Kier alpha value is -2.85. The lowest BCUT2D eigenvalue weighted by atomic mass is 10.1. The molecule has 0 saturated heterocycles. The van der Waals surface area contributed by atoms with Gasteiger partial charge < -0.3 is 9.88 Å². The van der Waals surface area contributed by atoms with Gasteiger partial charge in [0.1, 0.15) is 6.54 Å². The number of nitro benzene ring substituents is 1. The van der Waals surface area contributed by atoms with Crippen LogP contribution >= 0.6 is 27.3 Å². The highest BCUT2D eigenvalue weighted by Crippen LogP contribution is 2.29. The Kier molecular flexibility index (Phi) is 5.47. The van der Waals surface area contributed by atoms with Gasteiger partial charge in [-0.2, -0.15) is 0 Å². The zero-order valence-corrected chi connectivity index (χ0v) is 16.4. The van der Waals surface area contributed by atoms with E-state index in [1.807, 2.05) is 0 Å². The van der Waals surface area contributed by atoms with Crippen molar-refractivity contribution in [2.75, 3.05) is 5.32 Å². The molecule has 27 heavy (non-hydrogen) atoms. The van der Waals surface area contributed by atoms with Crippen LogP contribution in [-0.4, -0.2) is 20.4 Å². The first-order valence-corrected chi connectivity index (χ1v) is 9.37. The van der Waals surface area contributed by atoms with Crippen LogP contribution in [0.5, 0.6) is 0 Å². The lowest BCUT2D eigenvalue weighted by Gasteiger charge is -2.05. The summed E-state index contributed by atoms with van der Waals surface area (Å²) < 4.78 is 1.96. The van der Waals surface area contributed by atoms with Crippen molar-refractivity contribution in [1.82, 2.24) is 9.55 Å². The summed E-state index contributed by atoms with van der Waals surface area (Å²) in [5, 5.41) is 15.8. The van der Waals surface area contributed by atoms with Crippen LogP contribution in [0.2, 0.25) is 0 Å². The summed E-state index contributed by atoms with van der Waals surface area (Å²) in [4.78, 5) is 38.9. The number of halogens is 1. The van der Waals surface area contributed by atoms with Gasteiger partial charge in [0.25, 0.3) is 11.2 Å². The number of thiazole rings is 1. The van der Waals surface area contributed by atoms with Gasteiger partial charge in [0.05, 0.1) is 10.6 Å². The van der Waals surface area contributed by atoms with Crippen LogP contribution in [0.25, 0.3) is 11.3 Å². The second kappa shape index (κ2) is 7.80. The number of nitrogens with one attached hydrogen (secondary N) is 1. The number of nitro groups is 1. The summed E-state index contributed by atoms with van der Waals surface area (Å²) in [6.07, 6.45) is 1.53. The molecule has 0 atom stereocenters. The van der Waals surface area contributed by atoms with E-state index in [2.05, 4.69) is 26.2 Å². The van der Waals surface area contributed by atoms with E-state index < -0.39 is 10.8 Å². The van der Waals surface area contributed by atoms with Gasteiger partial charge in [-0.1, -0.05) is 12.1 Å². The average Bonchev–Trinajstić information content (AvgIpc) is 3.06. The maximum absolute atomic E-state index is 12.2. The van der Waals surface area contributed by atoms with Crippen molar-refractivity contribution in [3.05, 3.63) is 72.4 Å². The Morgan fingerprint density at radius 3 is 2.89 bits per heavy atom. The van der Waals surface area contributed by atoms with Crippen LogP contribution in [-0.2, 0) is 11.3 Å². The van der Waals surface area contributed by atoms with Crippen molar-refractivity contribution in [2.24, 2.45) is 0 Å². The number of hydrogen-bond acceptors (Lipinski definition) is 6. The summed E-state index contributed by atoms with van der Waals surface area (Å²) in [6, 6.07) is 7.82. The van der Waals surface area contributed by atoms with E-state index >= 15 is 0 Å². The molecule has 3 rings (SSSR count). The highest BCUT2D eigenvalue weighted by atomic mass is 79.9. The minimum Gasteiger partial charge on any atom is -0.305 e. The molecule has 1 amide bonds. The smallest absolute Gasteiger partial charge is 0.272 e. The number of hydrogen-bond donors (Lipinski definition) is 1. The number of aromatic nitrogens is 2. The van der Waals surface area contributed by atoms with Crippen molar-refractivity contribution < 1.29 is 9.72 Å². The molecule has 1 N–H and O–H groups in total. The topological polar surface area (TPSA) is 107 Å². The van der Waals surface area contributed by atoms with E-state index in [1.165, 1.54) is 34.2 Å². The van der Waals surface area contributed by atoms with E-state index in [0.29, 0.717) is 26.4 Å². The number of nitrogens with zero attached hydrogens (tertiary/aromatic N) is 3. The normalized spacial score (nSPS) is 10.6. The van der Waals surface area contributed by atoms with Crippen molar-refractivity contribution in [3.8, 4) is 11.3 Å². The highest BCUT2D eigenvalue weighted by molar-refractivity contribution is 9.10. The fraction of sp³-hybridized carbons (Fsp3) is 0.118. The molecule has 3 aromatic rings. The molecule has 0 unspecified atom stereocenters. The molecule has 2 aromatic heterocycles. The molecule has 0 radical (unpaired) electrons. The molecule has 0 fully saturated rings. The van der Waals surface area contributed by atoms with Gasteiger partial charge in [0.15, 0.2) is 5.13 Å². The first-order chi connectivity index (χ1) is 12.8. The third kappa shape index (κ3) is 4.47. The van der Waals surface area contributed by atoms with Crippen LogP contribution in [0.1, 0.15) is 5.56 Å². The zero-order chi connectivity index (χ0) is 19.6. The number of aryl methyl sites for hydroxylation is 1. The van der Waals surface area contributed by atoms with Gasteiger partial charge in [-0.25, -0.2) is 4.98 Å². The van der Waals surface area contributed by atoms with E-state index in [4.69, 9.17) is 0 Å². The van der Waals surface area contributed by atoms with Gasteiger partial charge in [0, 0.05) is 39.3 Å². The number of amides is 1. The summed E-state index contributed by atoms with van der Waals surface area (Å²) in [5.41, 5.74) is 1.40. The van der Waals surface area contributed by atoms with Gasteiger partial charge in [-0.3, -0.25) is 19.7 Å². The zero-order valence-electron chi connectivity index (χ0n) is 14.0. The monoisotopic (exact) mass is 448 g/mol. The second-order valence-corrected chi connectivity index (χ2v) is 7.43. The summed E-state index contributed by atoms with van der Waals surface area (Å²) in [6.45, 7) is 1.52. The van der Waals surface area contributed by atoms with E-state index in [9.17, 15) is 19.7 Å². The van der Waals surface area contributed by atoms with Crippen LogP contribution in [0.3, 0.4) is 0 Å². The quantitative estimate of drug-likeness (QED) is 0.473. The predicted molar refractivity (Wildman–Crippen MR) is 106 cm³/mol. The third-order valence-electron chi connectivity index (χ3n) is 3.71. The fourth-order valence-electron chi connectivity index (χ4n) is 2.37. The van der Waals surface area contributed by atoms with Crippen LogP contribution in [0.4, 0.5) is 10.8 Å². The first-order valence-electron chi connectivity index (χ1n) is 7.70. The number of carbonyl (C=O) groups is 1. The SMILES string of the molecule is Cc1ccc(-c2csc(NC(=O)Cn3cc(Br)ccc3=O)n2)cc1[N+](=O)[O-]. The minimum absolute atomic E-state index is 0.0140. The second-order valence-electron chi connectivity index (χ2n) is 5.66. The van der Waals surface area contributed by atoms with Gasteiger partial charge >= 0.3 is 0 Å². The first kappa shape index (κ1) is 18.9. The van der Waals surface area contributed by atoms with Gasteiger partial charge in [-0.15, -0.1) is 11.3 Å². The van der Waals surface area contributed by atoms with Crippen molar-refractivity contribution in [2.45, 2.75) is 13.5 Å². The highest BCUT2D eigenvalue weighted by Gasteiger charge is 2.14. The molecule has 0 aliphatic heterocycles. The maximum atomic E-state index is 12.2. The molecule has 0 bridgehead atoms. The van der Waals surface area contributed by atoms with Gasteiger partial charge in [0.2, 0.25) is 5.91 Å². The Balaban J connectivity index is 1.75. The van der Waals surface area contributed by atoms with Gasteiger partial charge in [-0.05, 0) is 28.9 Å². The lowest BCUT2D eigenvalue weighted by Crippen LogP contribution is -2.26. The molecule has 1 aromatic carbocycles. The molecule has 2 heterocycles. The Bertz CT molecular complexity index is 1090. The third-order valence-corrected chi connectivity index (χ3v) is 4.94. The number of benzene rings is 1. The average molecular weight is 449 g/mol. The summed E-state index contributed by atoms with van der Waals surface area (Å²) in [7, 11) is 0. The molecule has 0 spiro atoms. The largest absolute Gasteiger partial charge is 0.305 e. The predicted octanol–water partition coefficient (Wildman–Crippen LogP) is 3.59. The van der Waals surface area contributed by atoms with Crippen LogP contribution in [0, 0.1) is 17.0 Å². The molecule has 8 nitrogen and oxygen atoms in total. The molecule has 0 aliphatic rings. The minimum atomic E-state index is -0.441. The summed E-state index contributed by atoms with van der Waals surface area (Å²) in [5.74, 6) is -0.397. The standard InChI is InChI=1S/C17H13BrN4O4S/c1-10-2-3-11(6-14(10)22(25)26)13-9-27-17(19-13)20-15(23)8-21-7-12(18)4-5-16(21)24/h2-7,9H,8H2,1H3,(H,19,20,23). The Morgan fingerprint density at radius 1 is 1.37 bits per heavy atom. The van der Waals surface area contributed by atoms with Crippen molar-refractivity contribution in [1.29, 1.82) is 0 Å². The number of carbonyl (C=O) groups excluding carboxylic acids is 1. The van der Waals surface area contributed by atoms with E-state index in [-0.39, 0.29) is 17.8 Å². The molecular formula is C17H13BrN4O4S. The van der Waals surface area contributed by atoms with Crippen molar-refractivity contribution >= 4 is 44.0 Å². The van der Waals surface area contributed by atoms with Crippen LogP contribution < -0.4 is 10.9 Å². The Labute approximate surface area is 165 Å². The lowest BCUT2D eigenvalue weighted by molar-refractivity contribution is -0.385. The van der Waals surface area contributed by atoms with E-state index in [0.717, 1.165) is 0 Å². The number of pyridine rings is 1. The molecule has 10 heteroatoms. The maximum Gasteiger partial charge on any atom is 0.272 e. The summed E-state index contributed by atoms with van der Waals surface area (Å²) >= 11 is 4.45. The molecule has 138 valence electrons. The Morgan fingerprint density at radius 2 is 2.15 bits per heavy atom. The van der Waals surface area contributed by atoms with Crippen LogP contribution in [0.15, 0.2) is 51.2 Å². The molecular weight excluding hydrogens is 436 g/mol. The number of anilines is 1.